The van der Waals surface area contributed by atoms with Crippen LogP contribution in [0.25, 0.3) is 16.6 Å². The van der Waals surface area contributed by atoms with Crippen molar-refractivity contribution in [2.75, 3.05) is 18.4 Å². The Labute approximate surface area is 213 Å². The second-order valence-electron chi connectivity index (χ2n) is 9.40. The smallest absolute Gasteiger partial charge is 0.319 e. The second-order valence-corrected chi connectivity index (χ2v) is 9.40. The predicted octanol–water partition coefficient (Wildman–Crippen LogP) is 5.42. The van der Waals surface area contributed by atoms with Crippen molar-refractivity contribution in [3.05, 3.63) is 102 Å². The highest BCUT2D eigenvalue weighted by atomic mass is 16.3. The van der Waals surface area contributed by atoms with E-state index >= 15 is 0 Å². The minimum Gasteiger partial charge on any atom is -0.464 e. The molecule has 1 aliphatic heterocycles. The molecule has 0 atom stereocenters. The van der Waals surface area contributed by atoms with Crippen LogP contribution in [0.5, 0.6) is 0 Å². The average molecular weight is 494 g/mol. The van der Waals surface area contributed by atoms with Crippen LogP contribution in [0.1, 0.15) is 40.2 Å². The number of piperidine rings is 1. The number of furan rings is 1. The molecule has 6 rings (SSSR count). The molecule has 0 saturated carbocycles. The maximum Gasteiger partial charge on any atom is 0.319 e. The van der Waals surface area contributed by atoms with Gasteiger partial charge in [-0.3, -0.25) is 4.79 Å². The lowest BCUT2D eigenvalue weighted by molar-refractivity contribution is 0.0713. The van der Waals surface area contributed by atoms with Crippen LogP contribution in [0.15, 0.2) is 89.9 Å². The van der Waals surface area contributed by atoms with E-state index in [1.54, 1.807) is 12.5 Å². The van der Waals surface area contributed by atoms with Crippen molar-refractivity contribution in [2.45, 2.75) is 25.3 Å². The third-order valence-corrected chi connectivity index (χ3v) is 7.04. The van der Waals surface area contributed by atoms with E-state index in [4.69, 9.17) is 4.42 Å². The van der Waals surface area contributed by atoms with Gasteiger partial charge < -0.3 is 24.4 Å². The number of carbonyl (C=O) groups excluding carboxylic acids is 2. The van der Waals surface area contributed by atoms with Gasteiger partial charge in [-0.2, -0.15) is 0 Å². The number of pyridine rings is 1. The predicted molar refractivity (Wildman–Crippen MR) is 142 cm³/mol. The number of nitrogens with one attached hydrogen (secondary N) is 2. The Morgan fingerprint density at radius 2 is 1.81 bits per heavy atom. The van der Waals surface area contributed by atoms with E-state index in [1.165, 1.54) is 5.56 Å². The molecule has 0 spiro atoms. The van der Waals surface area contributed by atoms with Gasteiger partial charge in [0.15, 0.2) is 0 Å². The maximum atomic E-state index is 13.0. The molecule has 0 radical (unpaired) electrons. The number of urea groups is 1. The molecule has 186 valence electrons. The summed E-state index contributed by atoms with van der Waals surface area (Å²) in [6.45, 7) is 1.86. The molecule has 1 saturated heterocycles. The molecule has 2 N–H and O–H groups in total. The van der Waals surface area contributed by atoms with Crippen LogP contribution in [-0.2, 0) is 6.54 Å². The van der Waals surface area contributed by atoms with Crippen molar-refractivity contribution in [1.82, 2.24) is 19.6 Å². The lowest BCUT2D eigenvalue weighted by Crippen LogP contribution is -2.37. The van der Waals surface area contributed by atoms with Crippen molar-refractivity contribution in [3.63, 3.8) is 0 Å². The molecule has 3 amide bonds. The molecule has 8 heteroatoms. The number of fused-ring (bicyclic) bond motifs is 2. The standard InChI is InChI=1S/C29H27N5O3/c35-28(24-3-6-26-23(18-24)10-16-37-26)34-13-8-22(9-14-34)21-1-4-25(5-2-21)32-29(36)31-19-20-7-12-33-15-11-30-27(33)17-20/h1-7,10-12,15-18,22H,8-9,13-14,19H2,(H2,31,32,36). The van der Waals surface area contributed by atoms with Crippen LogP contribution in [0.2, 0.25) is 0 Å². The Kier molecular flexibility index (Phi) is 6.06. The number of nitrogens with zero attached hydrogens (tertiary/aromatic N) is 3. The zero-order valence-electron chi connectivity index (χ0n) is 20.3. The highest BCUT2D eigenvalue weighted by molar-refractivity contribution is 5.97. The Hall–Kier alpha value is -4.59. The highest BCUT2D eigenvalue weighted by Gasteiger charge is 2.25. The minimum absolute atomic E-state index is 0.0665. The topological polar surface area (TPSA) is 91.9 Å². The molecule has 8 nitrogen and oxygen atoms in total. The summed E-state index contributed by atoms with van der Waals surface area (Å²) in [5.41, 5.74) is 5.29. The van der Waals surface area contributed by atoms with Gasteiger partial charge >= 0.3 is 6.03 Å². The lowest BCUT2D eigenvalue weighted by atomic mass is 9.89. The lowest BCUT2D eigenvalue weighted by Gasteiger charge is -2.32. The first-order valence-corrected chi connectivity index (χ1v) is 12.5. The molecule has 1 fully saturated rings. The van der Waals surface area contributed by atoms with Crippen LogP contribution < -0.4 is 10.6 Å². The van der Waals surface area contributed by atoms with Gasteiger partial charge in [-0.15, -0.1) is 0 Å². The minimum atomic E-state index is -0.253. The summed E-state index contributed by atoms with van der Waals surface area (Å²) in [5, 5.41) is 6.73. The number of amides is 3. The van der Waals surface area contributed by atoms with Crippen LogP contribution in [0, 0.1) is 0 Å². The van der Waals surface area contributed by atoms with Gasteiger partial charge in [0.1, 0.15) is 11.2 Å². The van der Waals surface area contributed by atoms with Crippen molar-refractivity contribution in [2.24, 2.45) is 0 Å². The molecule has 0 aliphatic carbocycles. The largest absolute Gasteiger partial charge is 0.464 e. The summed E-state index contributed by atoms with van der Waals surface area (Å²) < 4.78 is 7.30. The van der Waals surface area contributed by atoms with E-state index in [9.17, 15) is 9.59 Å². The van der Waals surface area contributed by atoms with Crippen LogP contribution >= 0.6 is 0 Å². The monoisotopic (exact) mass is 493 g/mol. The van der Waals surface area contributed by atoms with Crippen LogP contribution in [-0.4, -0.2) is 39.3 Å². The third-order valence-electron chi connectivity index (χ3n) is 7.04. The van der Waals surface area contributed by atoms with Gasteiger partial charge in [0.05, 0.1) is 6.26 Å². The summed E-state index contributed by atoms with van der Waals surface area (Å²) in [5.74, 6) is 0.456. The molecule has 2 aromatic carbocycles. The fraction of sp³-hybridized carbons (Fsp3) is 0.207. The molecule has 3 aromatic heterocycles. The number of benzene rings is 2. The van der Waals surface area contributed by atoms with Crippen molar-refractivity contribution < 1.29 is 14.0 Å². The number of imidazole rings is 1. The number of carbonyl (C=O) groups is 2. The zero-order valence-corrected chi connectivity index (χ0v) is 20.3. The Morgan fingerprint density at radius 3 is 2.65 bits per heavy atom. The third kappa shape index (κ3) is 4.91. The summed E-state index contributed by atoms with van der Waals surface area (Å²) >= 11 is 0. The first kappa shape index (κ1) is 22.8. The van der Waals surface area contributed by atoms with Crippen molar-refractivity contribution in [1.29, 1.82) is 0 Å². The first-order chi connectivity index (χ1) is 18.1. The van der Waals surface area contributed by atoms with Gasteiger partial charge in [0.2, 0.25) is 0 Å². The van der Waals surface area contributed by atoms with E-state index in [1.807, 2.05) is 70.2 Å². The molecule has 5 aromatic rings. The summed E-state index contributed by atoms with van der Waals surface area (Å²) in [6, 6.07) is 19.1. The van der Waals surface area contributed by atoms with Crippen molar-refractivity contribution >= 4 is 34.2 Å². The van der Waals surface area contributed by atoms with Gasteiger partial charge in [-0.1, -0.05) is 12.1 Å². The Morgan fingerprint density at radius 1 is 0.973 bits per heavy atom. The van der Waals surface area contributed by atoms with E-state index in [0.717, 1.165) is 53.8 Å². The van der Waals surface area contributed by atoms with Gasteiger partial charge in [0, 0.05) is 54.9 Å². The van der Waals surface area contributed by atoms with E-state index in [2.05, 4.69) is 27.8 Å². The fourth-order valence-corrected chi connectivity index (χ4v) is 4.96. The number of aromatic nitrogens is 2. The van der Waals surface area contributed by atoms with E-state index in [0.29, 0.717) is 18.0 Å². The molecule has 37 heavy (non-hydrogen) atoms. The van der Waals surface area contributed by atoms with Crippen LogP contribution in [0.3, 0.4) is 0 Å². The molecule has 4 heterocycles. The molecular formula is C29H27N5O3. The van der Waals surface area contributed by atoms with Gasteiger partial charge in [0.25, 0.3) is 5.91 Å². The SMILES string of the molecule is O=C(NCc1ccn2ccnc2c1)Nc1ccc(C2CCN(C(=O)c3ccc4occc4c3)CC2)cc1. The first-order valence-electron chi connectivity index (χ1n) is 12.5. The highest BCUT2D eigenvalue weighted by Crippen LogP contribution is 2.30. The fourth-order valence-electron chi connectivity index (χ4n) is 4.96. The number of likely N-dealkylation sites (tertiary alicyclic amines) is 1. The summed E-state index contributed by atoms with van der Waals surface area (Å²) in [6.07, 6.45) is 9.02. The summed E-state index contributed by atoms with van der Waals surface area (Å²) in [4.78, 5) is 31.6. The molecular weight excluding hydrogens is 466 g/mol. The molecule has 0 unspecified atom stereocenters. The number of hydrogen-bond acceptors (Lipinski definition) is 4. The van der Waals surface area contributed by atoms with Crippen LogP contribution in [0.4, 0.5) is 10.5 Å². The maximum absolute atomic E-state index is 13.0. The number of hydrogen-bond donors (Lipinski definition) is 2. The number of anilines is 1. The number of rotatable bonds is 5. The van der Waals surface area contributed by atoms with Gasteiger partial charge in [-0.25, -0.2) is 9.78 Å². The second kappa shape index (κ2) is 9.81. The quantitative estimate of drug-likeness (QED) is 0.342. The average Bonchev–Trinajstić information content (AvgIpc) is 3.61. The Bertz CT molecular complexity index is 1560. The summed E-state index contributed by atoms with van der Waals surface area (Å²) in [7, 11) is 0. The Balaban J connectivity index is 0.998. The zero-order chi connectivity index (χ0) is 25.2. The van der Waals surface area contributed by atoms with Gasteiger partial charge in [-0.05, 0) is 78.4 Å². The molecule has 0 bridgehead atoms. The van der Waals surface area contributed by atoms with E-state index < -0.39 is 0 Å². The van der Waals surface area contributed by atoms with E-state index in [-0.39, 0.29) is 11.9 Å². The van der Waals surface area contributed by atoms with Crippen molar-refractivity contribution in [3.8, 4) is 0 Å². The normalized spacial score (nSPS) is 14.2. The molecule has 1 aliphatic rings.